The third-order valence-electron chi connectivity index (χ3n) is 3.91. The minimum atomic E-state index is -0.390. The van der Waals surface area contributed by atoms with Gasteiger partial charge in [-0.1, -0.05) is 24.3 Å². The van der Waals surface area contributed by atoms with Gasteiger partial charge in [-0.15, -0.1) is 0 Å². The molecule has 0 aliphatic carbocycles. The SMILES string of the molecule is CN1C(=O)COc2ccc(CNC(=O)Cc3ccccc3F)cc21. The Kier molecular flexibility index (Phi) is 4.46. The molecular formula is C18H17FN2O3. The number of nitrogens with zero attached hydrogens (tertiary/aromatic N) is 1. The number of hydrogen-bond donors (Lipinski definition) is 1. The molecule has 24 heavy (non-hydrogen) atoms. The summed E-state index contributed by atoms with van der Waals surface area (Å²) in [5.41, 5.74) is 1.87. The topological polar surface area (TPSA) is 58.6 Å². The molecule has 0 saturated carbocycles. The number of fused-ring (bicyclic) bond motifs is 1. The Hall–Kier alpha value is -2.89. The maximum Gasteiger partial charge on any atom is 0.264 e. The highest BCUT2D eigenvalue weighted by atomic mass is 19.1. The summed E-state index contributed by atoms with van der Waals surface area (Å²) in [6.45, 7) is 0.324. The second kappa shape index (κ2) is 6.70. The minimum Gasteiger partial charge on any atom is -0.482 e. The lowest BCUT2D eigenvalue weighted by Crippen LogP contribution is -2.35. The summed E-state index contributed by atoms with van der Waals surface area (Å²) >= 11 is 0. The van der Waals surface area contributed by atoms with Crippen molar-refractivity contribution in [3.05, 3.63) is 59.4 Å². The first-order valence-electron chi connectivity index (χ1n) is 7.57. The fourth-order valence-corrected chi connectivity index (χ4v) is 2.51. The average molecular weight is 328 g/mol. The quantitative estimate of drug-likeness (QED) is 0.934. The molecule has 1 aliphatic heterocycles. The number of carbonyl (C=O) groups is 2. The summed E-state index contributed by atoms with van der Waals surface area (Å²) in [7, 11) is 1.68. The molecule has 0 saturated heterocycles. The number of ether oxygens (including phenoxy) is 1. The van der Waals surface area contributed by atoms with Gasteiger partial charge in [-0.2, -0.15) is 0 Å². The van der Waals surface area contributed by atoms with Gasteiger partial charge in [0.2, 0.25) is 5.91 Å². The summed E-state index contributed by atoms with van der Waals surface area (Å²) in [6.07, 6.45) is -0.0148. The third kappa shape index (κ3) is 3.37. The normalized spacial score (nSPS) is 13.2. The van der Waals surface area contributed by atoms with Crippen LogP contribution in [0, 0.1) is 5.82 Å². The number of likely N-dealkylation sites (N-methyl/N-ethyl adjacent to an activating group) is 1. The van der Waals surface area contributed by atoms with Crippen molar-refractivity contribution in [2.45, 2.75) is 13.0 Å². The lowest BCUT2D eigenvalue weighted by molar-refractivity contribution is -0.121. The van der Waals surface area contributed by atoms with Crippen LogP contribution in [-0.4, -0.2) is 25.5 Å². The molecule has 1 heterocycles. The van der Waals surface area contributed by atoms with Gasteiger partial charge in [-0.05, 0) is 29.3 Å². The second-order valence-corrected chi connectivity index (χ2v) is 5.59. The maximum atomic E-state index is 13.6. The molecule has 5 nitrogen and oxygen atoms in total. The fraction of sp³-hybridized carbons (Fsp3) is 0.222. The number of halogens is 1. The molecular weight excluding hydrogens is 311 g/mol. The van der Waals surface area contributed by atoms with Crippen molar-refractivity contribution in [3.63, 3.8) is 0 Å². The van der Waals surface area contributed by atoms with E-state index in [0.717, 1.165) is 5.56 Å². The summed E-state index contributed by atoms with van der Waals surface area (Å²) in [6, 6.07) is 11.6. The van der Waals surface area contributed by atoms with Crippen LogP contribution < -0.4 is 15.0 Å². The number of rotatable bonds is 4. The zero-order valence-electron chi connectivity index (χ0n) is 13.2. The van der Waals surface area contributed by atoms with Crippen molar-refractivity contribution >= 4 is 17.5 Å². The van der Waals surface area contributed by atoms with E-state index in [2.05, 4.69) is 5.32 Å². The maximum absolute atomic E-state index is 13.6. The van der Waals surface area contributed by atoms with Crippen LogP contribution >= 0.6 is 0 Å². The van der Waals surface area contributed by atoms with E-state index in [4.69, 9.17) is 4.74 Å². The highest BCUT2D eigenvalue weighted by Gasteiger charge is 2.22. The molecule has 2 aromatic rings. The molecule has 1 aliphatic rings. The molecule has 1 N–H and O–H groups in total. The van der Waals surface area contributed by atoms with Gasteiger partial charge in [0.15, 0.2) is 6.61 Å². The van der Waals surface area contributed by atoms with Crippen LogP contribution in [0.3, 0.4) is 0 Å². The molecule has 0 bridgehead atoms. The molecule has 0 radical (unpaired) electrons. The number of carbonyl (C=O) groups excluding carboxylic acids is 2. The largest absolute Gasteiger partial charge is 0.482 e. The van der Waals surface area contributed by atoms with Crippen LogP contribution in [0.25, 0.3) is 0 Å². The number of anilines is 1. The van der Waals surface area contributed by atoms with E-state index in [-0.39, 0.29) is 24.8 Å². The second-order valence-electron chi connectivity index (χ2n) is 5.59. The molecule has 0 aromatic heterocycles. The Labute approximate surface area is 139 Å². The average Bonchev–Trinajstić information content (AvgIpc) is 2.58. The lowest BCUT2D eigenvalue weighted by Gasteiger charge is -2.26. The first-order chi connectivity index (χ1) is 11.5. The standard InChI is InChI=1S/C18H17FN2O3/c1-21-15-8-12(6-7-16(15)24-11-18(21)23)10-20-17(22)9-13-4-2-3-5-14(13)19/h2-8H,9-11H2,1H3,(H,20,22). The number of benzene rings is 2. The molecule has 3 rings (SSSR count). The van der Waals surface area contributed by atoms with Crippen molar-refractivity contribution in [1.82, 2.24) is 5.32 Å². The Bertz CT molecular complexity index is 792. The number of nitrogens with one attached hydrogen (secondary N) is 1. The predicted octanol–water partition coefficient (Wildman–Crippen LogP) is 2.04. The molecule has 0 atom stereocenters. The van der Waals surface area contributed by atoms with Crippen molar-refractivity contribution < 1.29 is 18.7 Å². The van der Waals surface area contributed by atoms with Crippen LogP contribution in [0.15, 0.2) is 42.5 Å². The van der Waals surface area contributed by atoms with Gasteiger partial charge in [-0.25, -0.2) is 4.39 Å². The Morgan fingerprint density at radius 3 is 2.88 bits per heavy atom. The Balaban J connectivity index is 1.64. The van der Waals surface area contributed by atoms with Crippen molar-refractivity contribution in [3.8, 4) is 5.75 Å². The van der Waals surface area contributed by atoms with Gasteiger partial charge in [0.25, 0.3) is 5.91 Å². The lowest BCUT2D eigenvalue weighted by atomic mass is 10.1. The molecule has 2 amide bonds. The van der Waals surface area contributed by atoms with E-state index in [9.17, 15) is 14.0 Å². The van der Waals surface area contributed by atoms with Crippen LogP contribution in [0.5, 0.6) is 5.75 Å². The Morgan fingerprint density at radius 2 is 2.08 bits per heavy atom. The molecule has 124 valence electrons. The smallest absolute Gasteiger partial charge is 0.264 e. The van der Waals surface area contributed by atoms with Gasteiger partial charge in [0, 0.05) is 13.6 Å². The zero-order chi connectivity index (χ0) is 17.1. The minimum absolute atomic E-state index is 0.0148. The van der Waals surface area contributed by atoms with E-state index < -0.39 is 5.82 Å². The number of hydrogen-bond acceptors (Lipinski definition) is 3. The van der Waals surface area contributed by atoms with Crippen LogP contribution in [0.4, 0.5) is 10.1 Å². The zero-order valence-corrected chi connectivity index (χ0v) is 13.2. The summed E-state index contributed by atoms with van der Waals surface area (Å²) in [5, 5.41) is 2.76. The summed E-state index contributed by atoms with van der Waals surface area (Å²) < 4.78 is 18.9. The summed E-state index contributed by atoms with van der Waals surface area (Å²) in [4.78, 5) is 25.2. The van der Waals surface area contributed by atoms with E-state index in [1.54, 1.807) is 37.4 Å². The first kappa shape index (κ1) is 16.0. The summed E-state index contributed by atoms with van der Waals surface area (Å²) in [5.74, 6) is -0.140. The molecule has 0 fully saturated rings. The van der Waals surface area contributed by atoms with Gasteiger partial charge < -0.3 is 15.0 Å². The van der Waals surface area contributed by atoms with Crippen molar-refractivity contribution in [1.29, 1.82) is 0 Å². The van der Waals surface area contributed by atoms with Gasteiger partial charge in [0.1, 0.15) is 11.6 Å². The van der Waals surface area contributed by atoms with Crippen molar-refractivity contribution in [2.24, 2.45) is 0 Å². The van der Waals surface area contributed by atoms with Gasteiger partial charge in [0.05, 0.1) is 12.1 Å². The van der Waals surface area contributed by atoms with Gasteiger partial charge in [-0.3, -0.25) is 9.59 Å². The molecule has 2 aromatic carbocycles. The van der Waals surface area contributed by atoms with E-state index in [1.807, 2.05) is 6.07 Å². The highest BCUT2D eigenvalue weighted by molar-refractivity contribution is 5.97. The van der Waals surface area contributed by atoms with E-state index >= 15 is 0 Å². The van der Waals surface area contributed by atoms with Crippen LogP contribution in [0.2, 0.25) is 0 Å². The van der Waals surface area contributed by atoms with E-state index in [1.165, 1.54) is 11.0 Å². The van der Waals surface area contributed by atoms with E-state index in [0.29, 0.717) is 23.5 Å². The van der Waals surface area contributed by atoms with Crippen LogP contribution in [-0.2, 0) is 22.6 Å². The van der Waals surface area contributed by atoms with Crippen molar-refractivity contribution in [2.75, 3.05) is 18.6 Å². The number of amides is 2. The predicted molar refractivity (Wildman–Crippen MR) is 87.3 cm³/mol. The first-order valence-corrected chi connectivity index (χ1v) is 7.57. The van der Waals surface area contributed by atoms with Gasteiger partial charge >= 0.3 is 0 Å². The highest BCUT2D eigenvalue weighted by Crippen LogP contribution is 2.31. The molecule has 0 unspecified atom stereocenters. The molecule has 6 heteroatoms. The van der Waals surface area contributed by atoms with Crippen LogP contribution in [0.1, 0.15) is 11.1 Å². The fourth-order valence-electron chi connectivity index (χ4n) is 2.51. The molecule has 0 spiro atoms. The monoisotopic (exact) mass is 328 g/mol. The third-order valence-corrected chi connectivity index (χ3v) is 3.91. The Morgan fingerprint density at radius 1 is 1.29 bits per heavy atom.